The van der Waals surface area contributed by atoms with Crippen LogP contribution in [0.25, 0.3) is 61.0 Å². The zero-order valence-electron chi connectivity index (χ0n) is 50.5. The number of nitrogens with zero attached hydrogens (tertiary/aromatic N) is 4. The van der Waals surface area contributed by atoms with E-state index < -0.39 is 0 Å². The van der Waals surface area contributed by atoms with Crippen molar-refractivity contribution < 1.29 is 4.74 Å². The Bertz CT molecular complexity index is 4170. The van der Waals surface area contributed by atoms with Gasteiger partial charge in [0.05, 0.1) is 28.1 Å². The Labute approximate surface area is 486 Å². The molecule has 0 saturated carbocycles. The van der Waals surface area contributed by atoms with Crippen molar-refractivity contribution in [2.45, 2.75) is 148 Å². The van der Waals surface area contributed by atoms with E-state index in [-0.39, 0.29) is 32.5 Å². The molecule has 2 aromatic heterocycles. The Morgan fingerprint density at radius 3 is 1.63 bits per heavy atom. The molecule has 14 rings (SSSR count). The number of pyridine rings is 1. The molecule has 10 aromatic rings. The van der Waals surface area contributed by atoms with Gasteiger partial charge in [-0.05, 0) is 175 Å². The quantitative estimate of drug-likeness (QED) is 0.159. The second-order valence-electron chi connectivity index (χ2n) is 28.6. The van der Waals surface area contributed by atoms with Crippen LogP contribution in [-0.4, -0.2) is 16.2 Å². The Kier molecular flexibility index (Phi) is 11.5. The zero-order valence-corrected chi connectivity index (χ0v) is 50.5. The molecule has 0 amide bonds. The van der Waals surface area contributed by atoms with Crippen LogP contribution in [0.15, 0.2) is 176 Å². The molecule has 0 unspecified atom stereocenters. The first kappa shape index (κ1) is 52.2. The average molecular weight is 1080 g/mol. The number of aromatic nitrogens is 2. The molecule has 0 bridgehead atoms. The molecule has 3 aliphatic carbocycles. The fourth-order valence-corrected chi connectivity index (χ4v) is 14.8. The molecular formula is C77H78N4O. The first-order chi connectivity index (χ1) is 39.0. The van der Waals surface area contributed by atoms with Crippen molar-refractivity contribution in [1.82, 2.24) is 9.55 Å². The molecule has 8 aromatic carbocycles. The Morgan fingerprint density at radius 2 is 0.988 bits per heavy atom. The summed E-state index contributed by atoms with van der Waals surface area (Å²) >= 11 is 0. The number of fused-ring (bicyclic) bond motifs is 9. The lowest BCUT2D eigenvalue weighted by molar-refractivity contribution is 0.332. The van der Waals surface area contributed by atoms with Gasteiger partial charge in [-0.25, -0.2) is 4.98 Å². The smallest absolute Gasteiger partial charge is 0.137 e. The van der Waals surface area contributed by atoms with Crippen LogP contribution in [0.5, 0.6) is 11.5 Å². The normalized spacial score (nSPS) is 17.8. The summed E-state index contributed by atoms with van der Waals surface area (Å²) in [6.45, 7) is 31.6. The Hall–Kier alpha value is -7.89. The van der Waals surface area contributed by atoms with E-state index in [2.05, 4.69) is 274 Å². The number of hydrogen-bond acceptors (Lipinski definition) is 4. The predicted molar refractivity (Wildman–Crippen MR) is 345 cm³/mol. The molecule has 4 aliphatic rings. The minimum absolute atomic E-state index is 0.0494. The molecule has 82 heavy (non-hydrogen) atoms. The van der Waals surface area contributed by atoms with Crippen LogP contribution in [0.1, 0.15) is 155 Å². The number of benzene rings is 8. The molecule has 1 aliphatic heterocycles. The molecule has 5 heteroatoms. The van der Waals surface area contributed by atoms with E-state index in [1.807, 2.05) is 6.20 Å². The summed E-state index contributed by atoms with van der Waals surface area (Å²) in [6, 6.07) is 64.3. The minimum Gasteiger partial charge on any atom is -0.457 e. The van der Waals surface area contributed by atoms with Crippen molar-refractivity contribution in [1.29, 1.82) is 0 Å². The van der Waals surface area contributed by atoms with Crippen molar-refractivity contribution in [3.05, 3.63) is 215 Å². The summed E-state index contributed by atoms with van der Waals surface area (Å²) in [5, 5.41) is 2.38. The van der Waals surface area contributed by atoms with Gasteiger partial charge < -0.3 is 14.5 Å². The lowest BCUT2D eigenvalue weighted by Crippen LogP contribution is -2.33. The zero-order chi connectivity index (χ0) is 57.0. The molecular weight excluding hydrogens is 997 g/mol. The molecule has 3 heterocycles. The van der Waals surface area contributed by atoms with E-state index in [0.717, 1.165) is 39.7 Å². The first-order valence-corrected chi connectivity index (χ1v) is 30.0. The summed E-state index contributed by atoms with van der Waals surface area (Å²) < 4.78 is 9.41. The van der Waals surface area contributed by atoms with Crippen LogP contribution in [0.3, 0.4) is 0 Å². The SMILES string of the molecule is CC(C)(C)c1ccnc(-n2c3cc(Oc4cccc(N5CN(c6c(-c7ccc8c(c7)C(C)(C)CCC8(C)C)cccc6-c6ccc7c(c6)C(C)(C)CCC7(C)C)c6ccccc65)c4)ccc3c3cc4c(cc32)C(C)(C)c2ccccc2-4)c1. The summed E-state index contributed by atoms with van der Waals surface area (Å²) in [5.74, 6) is 2.45. The topological polar surface area (TPSA) is 33.5 Å². The van der Waals surface area contributed by atoms with E-state index in [0.29, 0.717) is 6.67 Å². The maximum Gasteiger partial charge on any atom is 0.137 e. The number of hydrogen-bond donors (Lipinski definition) is 0. The molecule has 5 nitrogen and oxygen atoms in total. The van der Waals surface area contributed by atoms with Crippen molar-refractivity contribution in [3.63, 3.8) is 0 Å². The molecule has 0 saturated heterocycles. The van der Waals surface area contributed by atoms with Gasteiger partial charge in [0, 0.05) is 51.3 Å². The summed E-state index contributed by atoms with van der Waals surface area (Å²) in [7, 11) is 0. The van der Waals surface area contributed by atoms with E-state index in [9.17, 15) is 0 Å². The van der Waals surface area contributed by atoms with Crippen molar-refractivity contribution in [3.8, 4) is 50.7 Å². The van der Waals surface area contributed by atoms with E-state index in [4.69, 9.17) is 9.72 Å². The number of para-hydroxylation sites is 3. The standard InChI is InChI=1S/C77H78N4O/c1-72(2,3)50-34-39-78-70(42-50)81-68-44-53(30-31-57(68)59-45-58-56-22-14-15-25-60(56)77(12,13)63(58)46-69(59)81)82-52-21-18-20-51(43-52)79-47-80(67-27-17-16-26-66(67)79)71-54(48-28-32-61-64(40-48)75(8,9)37-35-73(61,4)5)23-19-24-55(71)49-29-33-62-65(41-49)76(10,11)38-36-74(62,6)7/h14-34,39-46H,35-38,47H2,1-13H3. The molecule has 0 radical (unpaired) electrons. The van der Waals surface area contributed by atoms with Crippen LogP contribution >= 0.6 is 0 Å². The molecule has 0 spiro atoms. The lowest BCUT2D eigenvalue weighted by Gasteiger charge is -2.42. The van der Waals surface area contributed by atoms with Gasteiger partial charge in [-0.15, -0.1) is 0 Å². The summed E-state index contributed by atoms with van der Waals surface area (Å²) in [5.41, 5.74) is 24.6. The van der Waals surface area contributed by atoms with E-state index in [1.165, 1.54) is 120 Å². The molecule has 0 fully saturated rings. The van der Waals surface area contributed by atoms with Crippen molar-refractivity contribution in [2.24, 2.45) is 0 Å². The predicted octanol–water partition coefficient (Wildman–Crippen LogP) is 20.9. The second kappa shape index (κ2) is 18.1. The third-order valence-corrected chi connectivity index (χ3v) is 20.0. The van der Waals surface area contributed by atoms with Crippen molar-refractivity contribution in [2.75, 3.05) is 16.5 Å². The average Bonchev–Trinajstić information content (AvgIpc) is 2.36. The summed E-state index contributed by atoms with van der Waals surface area (Å²) in [4.78, 5) is 10.1. The van der Waals surface area contributed by atoms with Crippen LogP contribution in [0.2, 0.25) is 0 Å². The molecule has 412 valence electrons. The largest absolute Gasteiger partial charge is 0.457 e. The molecule has 0 atom stereocenters. The van der Waals surface area contributed by atoms with Gasteiger partial charge in [-0.1, -0.05) is 187 Å². The van der Waals surface area contributed by atoms with Gasteiger partial charge >= 0.3 is 0 Å². The minimum atomic E-state index is -0.146. The third kappa shape index (κ3) is 8.18. The van der Waals surface area contributed by atoms with Crippen LogP contribution in [0.4, 0.5) is 22.7 Å². The van der Waals surface area contributed by atoms with Gasteiger partial charge in [0.1, 0.15) is 24.0 Å². The number of ether oxygens (including phenoxy) is 1. The maximum absolute atomic E-state index is 7.04. The highest BCUT2D eigenvalue weighted by Gasteiger charge is 2.41. The summed E-state index contributed by atoms with van der Waals surface area (Å²) in [6.07, 6.45) is 6.68. The number of anilines is 4. The first-order valence-electron chi connectivity index (χ1n) is 30.0. The highest BCUT2D eigenvalue weighted by Crippen LogP contribution is 2.55. The Morgan fingerprint density at radius 1 is 0.427 bits per heavy atom. The van der Waals surface area contributed by atoms with Crippen molar-refractivity contribution >= 4 is 44.6 Å². The fourth-order valence-electron chi connectivity index (χ4n) is 14.8. The maximum atomic E-state index is 7.04. The number of rotatable bonds is 7. The van der Waals surface area contributed by atoms with Gasteiger partial charge in [-0.2, -0.15) is 0 Å². The monoisotopic (exact) mass is 1070 g/mol. The van der Waals surface area contributed by atoms with Gasteiger partial charge in [-0.3, -0.25) is 4.57 Å². The van der Waals surface area contributed by atoms with Crippen LogP contribution in [0, 0.1) is 0 Å². The second-order valence-corrected chi connectivity index (χ2v) is 28.6. The van der Waals surface area contributed by atoms with E-state index in [1.54, 1.807) is 0 Å². The fraction of sp³-hybridized carbons (Fsp3) is 0.312. The van der Waals surface area contributed by atoms with Gasteiger partial charge in [0.2, 0.25) is 0 Å². The third-order valence-electron chi connectivity index (χ3n) is 20.0. The van der Waals surface area contributed by atoms with E-state index >= 15 is 0 Å². The lowest BCUT2D eigenvalue weighted by atomic mass is 9.62. The van der Waals surface area contributed by atoms with Gasteiger partial charge in [0.25, 0.3) is 0 Å². The van der Waals surface area contributed by atoms with Crippen LogP contribution in [-0.2, 0) is 32.5 Å². The Balaban J connectivity index is 0.878. The van der Waals surface area contributed by atoms with Crippen LogP contribution < -0.4 is 14.5 Å². The highest BCUT2D eigenvalue weighted by atomic mass is 16.5. The highest BCUT2D eigenvalue weighted by molar-refractivity contribution is 6.12. The molecule has 0 N–H and O–H groups in total. The van der Waals surface area contributed by atoms with Gasteiger partial charge in [0.15, 0.2) is 0 Å².